The minimum atomic E-state index is -1.40. The number of nitrogens with zero attached hydrogens (tertiary/aromatic N) is 3. The fourth-order valence-corrected chi connectivity index (χ4v) is 3.11. The van der Waals surface area contributed by atoms with Gasteiger partial charge in [-0.1, -0.05) is 11.8 Å². The van der Waals surface area contributed by atoms with E-state index in [0.29, 0.717) is 5.16 Å². The molecule has 0 aliphatic carbocycles. The van der Waals surface area contributed by atoms with Crippen LogP contribution >= 0.6 is 11.8 Å². The number of aromatic nitrogens is 4. The van der Waals surface area contributed by atoms with Crippen molar-refractivity contribution in [2.24, 2.45) is 5.73 Å². The molecule has 6 N–H and O–H groups in total. The molecule has 3 rings (SSSR count). The maximum atomic E-state index is 12.3. The Labute approximate surface area is 144 Å². The fraction of sp³-hybridized carbons (Fsp3) is 0.538. The zero-order valence-corrected chi connectivity index (χ0v) is 13.9. The lowest BCUT2D eigenvalue weighted by molar-refractivity contribution is -0.117. The van der Waals surface area contributed by atoms with Gasteiger partial charge in [-0.2, -0.15) is 5.10 Å². The molecule has 1 aliphatic heterocycles. The Morgan fingerprint density at radius 3 is 2.72 bits per heavy atom. The van der Waals surface area contributed by atoms with Crippen LogP contribution in [0.3, 0.4) is 0 Å². The molecule has 1 fully saturated rings. The zero-order chi connectivity index (χ0) is 18.3. The van der Waals surface area contributed by atoms with Crippen molar-refractivity contribution >= 4 is 28.7 Å². The first-order chi connectivity index (χ1) is 11.9. The van der Waals surface area contributed by atoms with Gasteiger partial charge in [0, 0.05) is 0 Å². The Hall–Kier alpha value is -1.99. The number of ether oxygens (including phenoxy) is 1. The molecular weight excluding hydrogens is 354 g/mol. The Morgan fingerprint density at radius 2 is 2.16 bits per heavy atom. The largest absolute Gasteiger partial charge is 0.394 e. The lowest BCUT2D eigenvalue weighted by atomic mass is 10.1. The third-order valence-corrected chi connectivity index (χ3v) is 4.49. The van der Waals surface area contributed by atoms with Crippen molar-refractivity contribution in [2.45, 2.75) is 36.1 Å². The number of primary amides is 1. The van der Waals surface area contributed by atoms with Gasteiger partial charge in [-0.3, -0.25) is 9.59 Å². The van der Waals surface area contributed by atoms with Crippen LogP contribution in [0.4, 0.5) is 0 Å². The van der Waals surface area contributed by atoms with Gasteiger partial charge in [-0.25, -0.2) is 9.67 Å². The van der Waals surface area contributed by atoms with Crippen LogP contribution in [0.15, 0.2) is 9.95 Å². The molecule has 12 heteroatoms. The van der Waals surface area contributed by atoms with E-state index in [2.05, 4.69) is 15.1 Å². The number of nitrogens with one attached hydrogen (secondary N) is 1. The topological polar surface area (TPSA) is 177 Å². The molecule has 136 valence electrons. The molecule has 1 aliphatic rings. The molecule has 11 nitrogen and oxygen atoms in total. The summed E-state index contributed by atoms with van der Waals surface area (Å²) in [6.45, 7) is -0.508. The maximum Gasteiger partial charge on any atom is 0.263 e. The van der Waals surface area contributed by atoms with Crippen molar-refractivity contribution in [1.29, 1.82) is 0 Å². The lowest BCUT2D eigenvalue weighted by Gasteiger charge is -2.15. The van der Waals surface area contributed by atoms with E-state index in [1.54, 1.807) is 6.26 Å². The van der Waals surface area contributed by atoms with Crippen molar-refractivity contribution in [3.63, 3.8) is 0 Å². The summed E-state index contributed by atoms with van der Waals surface area (Å²) in [6, 6.07) is 0. The Morgan fingerprint density at radius 1 is 1.44 bits per heavy atom. The van der Waals surface area contributed by atoms with Gasteiger partial charge >= 0.3 is 0 Å². The summed E-state index contributed by atoms with van der Waals surface area (Å²) >= 11 is 1.19. The number of aliphatic hydroxyl groups excluding tert-OH is 3. The molecule has 1 saturated heterocycles. The molecule has 2 aromatic heterocycles. The third kappa shape index (κ3) is 3.02. The molecule has 25 heavy (non-hydrogen) atoms. The van der Waals surface area contributed by atoms with Crippen LogP contribution in [0.1, 0.15) is 11.9 Å². The molecule has 4 atom stereocenters. The second kappa shape index (κ2) is 6.72. The second-order valence-electron chi connectivity index (χ2n) is 5.54. The van der Waals surface area contributed by atoms with Gasteiger partial charge in [-0.05, 0) is 6.26 Å². The Balaban J connectivity index is 2.19. The van der Waals surface area contributed by atoms with Crippen molar-refractivity contribution in [2.75, 3.05) is 12.9 Å². The van der Waals surface area contributed by atoms with Gasteiger partial charge < -0.3 is 30.8 Å². The number of nitrogens with two attached hydrogens (primary N) is 1. The van der Waals surface area contributed by atoms with Crippen molar-refractivity contribution in [3.8, 4) is 0 Å². The number of rotatable bonds is 5. The Kier molecular flexibility index (Phi) is 4.79. The van der Waals surface area contributed by atoms with Crippen LogP contribution < -0.4 is 11.3 Å². The van der Waals surface area contributed by atoms with Crippen molar-refractivity contribution in [1.82, 2.24) is 19.7 Å². The number of amides is 1. The molecule has 0 radical (unpaired) electrons. The normalized spacial score (nSPS) is 26.4. The van der Waals surface area contributed by atoms with Crippen LogP contribution in [-0.2, 0) is 16.0 Å². The van der Waals surface area contributed by atoms with Gasteiger partial charge in [0.05, 0.1) is 18.7 Å². The predicted octanol–water partition coefficient (Wildman–Crippen LogP) is -2.52. The number of carbonyl (C=O) groups excluding carboxylic acids is 1. The first-order valence-corrected chi connectivity index (χ1v) is 8.56. The van der Waals surface area contributed by atoms with Gasteiger partial charge in [0.2, 0.25) is 5.91 Å². The molecular formula is C13H17N5O6S. The highest BCUT2D eigenvalue weighted by atomic mass is 32.2. The van der Waals surface area contributed by atoms with Crippen LogP contribution in [0.5, 0.6) is 0 Å². The standard InChI is InChI=1S/C13H17N5O6S/c1-25-13-15-10-7(11(23)16-13)4(2-6(14)20)17-18(10)12-9(22)8(21)5(3-19)24-12/h5,8-9,12,19,21-22H,2-3H2,1H3,(H2,14,20)(H,15,16,23)/t5-,8-,9-,12-/m1/s1. The van der Waals surface area contributed by atoms with Crippen LogP contribution in [0.2, 0.25) is 0 Å². The van der Waals surface area contributed by atoms with E-state index in [-0.39, 0.29) is 23.1 Å². The van der Waals surface area contributed by atoms with Crippen LogP contribution in [0, 0.1) is 0 Å². The third-order valence-electron chi connectivity index (χ3n) is 3.91. The summed E-state index contributed by atoms with van der Waals surface area (Å²) in [5.41, 5.74) is 4.86. The molecule has 0 spiro atoms. The summed E-state index contributed by atoms with van der Waals surface area (Å²) in [5, 5.41) is 33.8. The molecule has 0 saturated carbocycles. The fourth-order valence-electron chi connectivity index (χ4n) is 2.74. The molecule has 3 heterocycles. The summed E-state index contributed by atoms with van der Waals surface area (Å²) in [7, 11) is 0. The molecule has 2 aromatic rings. The number of hydrogen-bond acceptors (Lipinski definition) is 9. The van der Waals surface area contributed by atoms with E-state index >= 15 is 0 Å². The van der Waals surface area contributed by atoms with Crippen molar-refractivity contribution in [3.05, 3.63) is 16.0 Å². The second-order valence-corrected chi connectivity index (χ2v) is 6.33. The minimum Gasteiger partial charge on any atom is -0.394 e. The van der Waals surface area contributed by atoms with Crippen LogP contribution in [0.25, 0.3) is 11.0 Å². The molecule has 0 bridgehead atoms. The lowest BCUT2D eigenvalue weighted by Crippen LogP contribution is -2.33. The van der Waals surface area contributed by atoms with E-state index in [1.165, 1.54) is 11.8 Å². The molecule has 0 aromatic carbocycles. The smallest absolute Gasteiger partial charge is 0.263 e. The van der Waals surface area contributed by atoms with E-state index < -0.39 is 42.6 Å². The van der Waals surface area contributed by atoms with E-state index in [9.17, 15) is 24.9 Å². The van der Waals surface area contributed by atoms with Gasteiger partial charge in [0.25, 0.3) is 5.56 Å². The number of carbonyl (C=O) groups is 1. The van der Waals surface area contributed by atoms with Gasteiger partial charge in [-0.15, -0.1) is 0 Å². The molecule has 1 amide bonds. The first-order valence-electron chi connectivity index (χ1n) is 7.33. The number of fused-ring (bicyclic) bond motifs is 1. The SMILES string of the molecule is CSc1nc2c(c(CC(N)=O)nn2[C@@H]2O[C@H](CO)[C@@H](O)[C@H]2O)c(=O)[nH]1. The molecule has 0 unspecified atom stereocenters. The highest BCUT2D eigenvalue weighted by molar-refractivity contribution is 7.98. The number of aromatic amines is 1. The highest BCUT2D eigenvalue weighted by Crippen LogP contribution is 2.31. The number of hydrogen-bond donors (Lipinski definition) is 5. The minimum absolute atomic E-state index is 0.0503. The summed E-state index contributed by atoms with van der Waals surface area (Å²) in [4.78, 5) is 30.4. The van der Waals surface area contributed by atoms with Crippen LogP contribution in [-0.4, -0.2) is 72.1 Å². The maximum absolute atomic E-state index is 12.3. The summed E-state index contributed by atoms with van der Waals surface area (Å²) < 4.78 is 6.57. The first kappa shape index (κ1) is 17.8. The average Bonchev–Trinajstić information content (AvgIpc) is 3.05. The number of thioether (sulfide) groups is 1. The van der Waals surface area contributed by atoms with E-state index in [1.807, 2.05) is 0 Å². The average molecular weight is 371 g/mol. The number of H-pyrrole nitrogens is 1. The van der Waals surface area contributed by atoms with Gasteiger partial charge in [0.15, 0.2) is 17.0 Å². The predicted molar refractivity (Wildman–Crippen MR) is 85.8 cm³/mol. The Bertz CT molecular complexity index is 866. The number of aliphatic hydroxyl groups is 3. The highest BCUT2D eigenvalue weighted by Gasteiger charge is 2.45. The van der Waals surface area contributed by atoms with E-state index in [4.69, 9.17) is 10.5 Å². The monoisotopic (exact) mass is 371 g/mol. The van der Waals surface area contributed by atoms with Crippen molar-refractivity contribution < 1.29 is 24.9 Å². The summed E-state index contributed by atoms with van der Waals surface area (Å²) in [6.07, 6.45) is -3.53. The quantitative estimate of drug-likeness (QED) is 0.280. The summed E-state index contributed by atoms with van der Waals surface area (Å²) in [5.74, 6) is -0.693. The van der Waals surface area contributed by atoms with E-state index in [0.717, 1.165) is 4.68 Å². The zero-order valence-electron chi connectivity index (χ0n) is 13.1. The van der Waals surface area contributed by atoms with Gasteiger partial charge in [0.1, 0.15) is 23.7 Å².